The van der Waals surface area contributed by atoms with Crippen molar-refractivity contribution in [3.63, 3.8) is 0 Å². The number of carbonyl (C=O) groups excluding carboxylic acids is 2. The number of alkyl halides is 1. The van der Waals surface area contributed by atoms with Gasteiger partial charge in [-0.05, 0) is 59.3 Å². The molecule has 1 atom stereocenters. The summed E-state index contributed by atoms with van der Waals surface area (Å²) in [5.41, 5.74) is -0.752. The normalized spacial score (nSPS) is 27.6. The van der Waals surface area contributed by atoms with Gasteiger partial charge >= 0.3 is 17.9 Å². The fourth-order valence-corrected chi connectivity index (χ4v) is 3.56. The lowest BCUT2D eigenvalue weighted by Crippen LogP contribution is -2.64. The van der Waals surface area contributed by atoms with Gasteiger partial charge in [0.25, 0.3) is 0 Å². The zero-order chi connectivity index (χ0) is 18.7. The molecule has 1 saturated heterocycles. The van der Waals surface area contributed by atoms with Crippen molar-refractivity contribution in [2.45, 2.75) is 76.9 Å². The number of esters is 2. The number of nitrogens with zero attached hydrogens (tertiary/aromatic N) is 1. The van der Waals surface area contributed by atoms with Crippen LogP contribution in [0.2, 0.25) is 0 Å². The van der Waals surface area contributed by atoms with Crippen LogP contribution in [0.3, 0.4) is 0 Å². The Morgan fingerprint density at radius 2 is 1.64 bits per heavy atom. The van der Waals surface area contributed by atoms with Gasteiger partial charge in [0.15, 0.2) is 0 Å². The van der Waals surface area contributed by atoms with E-state index in [-0.39, 0.29) is 17.9 Å². The van der Waals surface area contributed by atoms with E-state index < -0.39 is 17.5 Å². The molecule has 1 N–H and O–H groups in total. The van der Waals surface area contributed by atoms with Gasteiger partial charge in [0, 0.05) is 19.1 Å². The molecule has 2 aliphatic rings. The Kier molecular flexibility index (Phi) is 6.43. The third kappa shape index (κ3) is 5.14. The molecule has 25 heavy (non-hydrogen) atoms. The van der Waals surface area contributed by atoms with E-state index in [1.165, 1.54) is 12.0 Å². The van der Waals surface area contributed by atoms with Gasteiger partial charge in [-0.2, -0.15) is 4.39 Å². The highest BCUT2D eigenvalue weighted by Gasteiger charge is 2.50. The SMILES string of the molecule is COC(=O)C1CCC(NC(F)(C(=O)OC(C)(C)C)N2CCCC2)CC1. The van der Waals surface area contributed by atoms with Gasteiger partial charge in [-0.25, -0.2) is 9.69 Å². The van der Waals surface area contributed by atoms with Crippen molar-refractivity contribution in [3.05, 3.63) is 0 Å². The first-order valence-corrected chi connectivity index (χ1v) is 9.18. The second-order valence-electron chi connectivity index (χ2n) is 8.03. The highest BCUT2D eigenvalue weighted by atomic mass is 19.2. The molecule has 2 rings (SSSR count). The van der Waals surface area contributed by atoms with Crippen molar-refractivity contribution < 1.29 is 23.5 Å². The summed E-state index contributed by atoms with van der Waals surface area (Å²) in [5.74, 6) is -3.54. The van der Waals surface area contributed by atoms with Crippen molar-refractivity contribution in [1.29, 1.82) is 0 Å². The monoisotopic (exact) mass is 358 g/mol. The number of hydrogen-bond acceptors (Lipinski definition) is 6. The number of ether oxygens (including phenoxy) is 2. The number of nitrogens with one attached hydrogen (secondary N) is 1. The van der Waals surface area contributed by atoms with Gasteiger partial charge in [-0.15, -0.1) is 0 Å². The molecule has 0 radical (unpaired) electrons. The van der Waals surface area contributed by atoms with Crippen LogP contribution < -0.4 is 5.32 Å². The summed E-state index contributed by atoms with van der Waals surface area (Å²) in [4.78, 5) is 25.8. The van der Waals surface area contributed by atoms with E-state index in [2.05, 4.69) is 5.32 Å². The maximum Gasteiger partial charge on any atom is 0.376 e. The van der Waals surface area contributed by atoms with E-state index in [1.54, 1.807) is 20.8 Å². The second-order valence-corrected chi connectivity index (χ2v) is 8.03. The molecule has 0 aromatic rings. The molecule has 0 aromatic heterocycles. The smallest absolute Gasteiger partial charge is 0.376 e. The third-order valence-corrected chi connectivity index (χ3v) is 4.87. The van der Waals surface area contributed by atoms with E-state index in [4.69, 9.17) is 9.47 Å². The maximum atomic E-state index is 15.8. The van der Waals surface area contributed by atoms with Crippen molar-refractivity contribution >= 4 is 11.9 Å². The maximum absolute atomic E-state index is 15.8. The first-order chi connectivity index (χ1) is 11.7. The topological polar surface area (TPSA) is 67.9 Å². The highest BCUT2D eigenvalue weighted by molar-refractivity contribution is 5.79. The van der Waals surface area contributed by atoms with Crippen LogP contribution in [0.4, 0.5) is 4.39 Å². The summed E-state index contributed by atoms with van der Waals surface area (Å²) in [6.45, 7) is 6.26. The molecular weight excluding hydrogens is 327 g/mol. The number of halogens is 1. The van der Waals surface area contributed by atoms with Crippen molar-refractivity contribution in [2.75, 3.05) is 20.2 Å². The molecule has 1 aliphatic carbocycles. The molecule has 1 saturated carbocycles. The Morgan fingerprint density at radius 1 is 1.08 bits per heavy atom. The van der Waals surface area contributed by atoms with E-state index in [1.807, 2.05) is 0 Å². The average molecular weight is 358 g/mol. The van der Waals surface area contributed by atoms with Gasteiger partial charge < -0.3 is 9.47 Å². The molecular formula is C18H31FN2O4. The van der Waals surface area contributed by atoms with E-state index in [9.17, 15) is 9.59 Å². The third-order valence-electron chi connectivity index (χ3n) is 4.87. The number of rotatable bonds is 5. The fraction of sp³-hybridized carbons (Fsp3) is 0.889. The van der Waals surface area contributed by atoms with Crippen LogP contribution in [0.1, 0.15) is 59.3 Å². The van der Waals surface area contributed by atoms with E-state index in [0.29, 0.717) is 38.8 Å². The zero-order valence-electron chi connectivity index (χ0n) is 15.8. The summed E-state index contributed by atoms with van der Waals surface area (Å²) in [6, 6.07) is -0.168. The fourth-order valence-electron chi connectivity index (χ4n) is 3.56. The molecule has 0 bridgehead atoms. The molecule has 1 aliphatic heterocycles. The van der Waals surface area contributed by atoms with Crippen LogP contribution in [0, 0.1) is 5.92 Å². The lowest BCUT2D eigenvalue weighted by Gasteiger charge is -2.39. The van der Waals surface area contributed by atoms with Crippen molar-refractivity contribution in [2.24, 2.45) is 5.92 Å². The van der Waals surface area contributed by atoms with Gasteiger partial charge in [-0.1, -0.05) is 0 Å². The van der Waals surface area contributed by atoms with Crippen molar-refractivity contribution in [3.8, 4) is 0 Å². The zero-order valence-corrected chi connectivity index (χ0v) is 15.8. The van der Waals surface area contributed by atoms with Gasteiger partial charge in [0.1, 0.15) is 5.60 Å². The van der Waals surface area contributed by atoms with Gasteiger partial charge in [-0.3, -0.25) is 10.1 Å². The van der Waals surface area contributed by atoms with Gasteiger partial charge in [0.05, 0.1) is 13.0 Å². The summed E-state index contributed by atoms with van der Waals surface area (Å²) in [5, 5.41) is 2.91. The average Bonchev–Trinajstić information content (AvgIpc) is 3.08. The first kappa shape index (κ1) is 20.1. The lowest BCUT2D eigenvalue weighted by atomic mass is 9.86. The Hall–Kier alpha value is -1.21. The van der Waals surface area contributed by atoms with Crippen LogP contribution in [-0.2, 0) is 19.1 Å². The van der Waals surface area contributed by atoms with Crippen LogP contribution in [-0.4, -0.2) is 54.6 Å². The Morgan fingerprint density at radius 3 is 2.12 bits per heavy atom. The molecule has 2 fully saturated rings. The predicted molar refractivity (Wildman–Crippen MR) is 91.4 cm³/mol. The first-order valence-electron chi connectivity index (χ1n) is 9.18. The molecule has 7 heteroatoms. The number of likely N-dealkylation sites (tertiary alicyclic amines) is 1. The Balaban J connectivity index is 2.04. The highest BCUT2D eigenvalue weighted by Crippen LogP contribution is 2.30. The van der Waals surface area contributed by atoms with Crippen molar-refractivity contribution in [1.82, 2.24) is 10.2 Å². The quantitative estimate of drug-likeness (QED) is 0.601. The molecule has 0 aromatic carbocycles. The minimum atomic E-state index is -2.31. The summed E-state index contributed by atoms with van der Waals surface area (Å²) < 4.78 is 25.9. The summed E-state index contributed by atoms with van der Waals surface area (Å²) in [6.07, 6.45) is 4.25. The number of methoxy groups -OCH3 is 1. The van der Waals surface area contributed by atoms with Crippen LogP contribution in [0.25, 0.3) is 0 Å². The minimum Gasteiger partial charge on any atom is -0.469 e. The Bertz CT molecular complexity index is 480. The van der Waals surface area contributed by atoms with E-state index >= 15 is 4.39 Å². The number of hydrogen-bond donors (Lipinski definition) is 1. The molecule has 1 unspecified atom stereocenters. The summed E-state index contributed by atoms with van der Waals surface area (Å²) >= 11 is 0. The summed E-state index contributed by atoms with van der Waals surface area (Å²) in [7, 11) is 1.38. The minimum absolute atomic E-state index is 0.134. The molecule has 6 nitrogen and oxygen atoms in total. The lowest BCUT2D eigenvalue weighted by molar-refractivity contribution is -0.191. The van der Waals surface area contributed by atoms with Gasteiger partial charge in [0.2, 0.25) is 0 Å². The van der Waals surface area contributed by atoms with Crippen LogP contribution >= 0.6 is 0 Å². The molecule has 0 spiro atoms. The second kappa shape index (κ2) is 7.99. The van der Waals surface area contributed by atoms with Crippen LogP contribution in [0.5, 0.6) is 0 Å². The molecule has 1 heterocycles. The molecule has 144 valence electrons. The van der Waals surface area contributed by atoms with Crippen LogP contribution in [0.15, 0.2) is 0 Å². The predicted octanol–water partition coefficient (Wildman–Crippen LogP) is 2.37. The largest absolute Gasteiger partial charge is 0.469 e. The molecule has 0 amide bonds. The standard InChI is InChI=1S/C18H31FN2O4/c1-17(2,3)25-16(23)18(19,21-11-5-6-12-21)20-14-9-7-13(8-10-14)15(22)24-4/h13-14,20H,5-12H2,1-4H3. The Labute approximate surface area is 149 Å². The van der Waals surface area contributed by atoms with E-state index in [0.717, 1.165) is 12.8 Å². The number of carbonyl (C=O) groups is 2.